The van der Waals surface area contributed by atoms with E-state index in [2.05, 4.69) is 47.1 Å². The number of hydrogen-bond acceptors (Lipinski definition) is 3. The molecule has 3 rings (SSSR count). The molecule has 1 aliphatic heterocycles. The lowest BCUT2D eigenvalue weighted by atomic mass is 9.90. The topological polar surface area (TPSA) is 42.1 Å². The molecule has 1 unspecified atom stereocenters. The number of rotatable bonds is 4. The van der Waals surface area contributed by atoms with Gasteiger partial charge in [-0.25, -0.2) is 0 Å². The summed E-state index contributed by atoms with van der Waals surface area (Å²) in [6.07, 6.45) is 3.04. The van der Waals surface area contributed by atoms with Gasteiger partial charge in [-0.2, -0.15) is 0 Å². The van der Waals surface area contributed by atoms with E-state index in [-0.39, 0.29) is 12.4 Å². The molecular formula is C18H24ClN3. The highest BCUT2D eigenvalue weighted by Gasteiger charge is 2.32. The second-order valence-corrected chi connectivity index (χ2v) is 6.39. The lowest BCUT2D eigenvalue weighted by Crippen LogP contribution is -2.31. The molecule has 0 bridgehead atoms. The van der Waals surface area contributed by atoms with E-state index < -0.39 is 0 Å². The van der Waals surface area contributed by atoms with Crippen molar-refractivity contribution >= 4 is 12.4 Å². The molecule has 1 fully saturated rings. The quantitative estimate of drug-likeness (QED) is 0.940. The Kier molecular flexibility index (Phi) is 5.57. The van der Waals surface area contributed by atoms with Gasteiger partial charge in [0.25, 0.3) is 0 Å². The molecule has 3 nitrogen and oxygen atoms in total. The Morgan fingerprint density at radius 2 is 2.09 bits per heavy atom. The van der Waals surface area contributed by atoms with Crippen molar-refractivity contribution in [2.75, 3.05) is 19.6 Å². The Hall–Kier alpha value is -1.42. The van der Waals surface area contributed by atoms with Crippen LogP contribution in [0.1, 0.15) is 18.9 Å². The van der Waals surface area contributed by atoms with Gasteiger partial charge in [-0.1, -0.05) is 31.2 Å². The maximum absolute atomic E-state index is 5.89. The number of nitrogens with zero attached hydrogens (tertiary/aromatic N) is 2. The number of nitrogens with two attached hydrogens (primary N) is 1. The summed E-state index contributed by atoms with van der Waals surface area (Å²) < 4.78 is 0. The van der Waals surface area contributed by atoms with Gasteiger partial charge in [0.2, 0.25) is 0 Å². The molecule has 0 saturated carbocycles. The van der Waals surface area contributed by atoms with Gasteiger partial charge in [-0.05, 0) is 48.7 Å². The van der Waals surface area contributed by atoms with Crippen molar-refractivity contribution in [3.05, 3.63) is 54.2 Å². The van der Waals surface area contributed by atoms with E-state index in [0.717, 1.165) is 31.9 Å². The van der Waals surface area contributed by atoms with E-state index in [1.807, 2.05) is 18.3 Å². The van der Waals surface area contributed by atoms with Crippen LogP contribution >= 0.6 is 12.4 Å². The highest BCUT2D eigenvalue weighted by atomic mass is 35.5. The van der Waals surface area contributed by atoms with E-state index in [1.165, 1.54) is 17.5 Å². The standard InChI is InChI=1S/C18H23N3.ClH/c1-18(13-19)8-10-21(14-18)12-15-5-4-6-16(11-15)17-7-2-3-9-20-17;/h2-7,9,11H,8,10,12-14,19H2,1H3;1H. The summed E-state index contributed by atoms with van der Waals surface area (Å²) >= 11 is 0. The van der Waals surface area contributed by atoms with Gasteiger partial charge in [0, 0.05) is 24.8 Å². The predicted molar refractivity (Wildman–Crippen MR) is 94.0 cm³/mol. The Bertz CT molecular complexity index is 602. The highest BCUT2D eigenvalue weighted by Crippen LogP contribution is 2.29. The third-order valence-electron chi connectivity index (χ3n) is 4.42. The van der Waals surface area contributed by atoms with Crippen LogP contribution in [0, 0.1) is 5.41 Å². The Balaban J connectivity index is 0.00000176. The van der Waals surface area contributed by atoms with Crippen molar-refractivity contribution in [3.8, 4) is 11.3 Å². The van der Waals surface area contributed by atoms with Crippen LogP contribution in [0.5, 0.6) is 0 Å². The molecule has 1 aromatic heterocycles. The second-order valence-electron chi connectivity index (χ2n) is 6.39. The van der Waals surface area contributed by atoms with Crippen LogP contribution in [0.25, 0.3) is 11.3 Å². The van der Waals surface area contributed by atoms with E-state index in [9.17, 15) is 0 Å². The maximum atomic E-state index is 5.89. The van der Waals surface area contributed by atoms with Crippen LogP contribution in [-0.4, -0.2) is 29.5 Å². The minimum atomic E-state index is 0. The maximum Gasteiger partial charge on any atom is 0.0702 e. The minimum Gasteiger partial charge on any atom is -0.330 e. The fraction of sp³-hybridized carbons (Fsp3) is 0.389. The fourth-order valence-corrected chi connectivity index (χ4v) is 3.05. The second kappa shape index (κ2) is 7.23. The summed E-state index contributed by atoms with van der Waals surface area (Å²) in [7, 11) is 0. The molecule has 22 heavy (non-hydrogen) atoms. The van der Waals surface area contributed by atoms with Gasteiger partial charge in [-0.15, -0.1) is 12.4 Å². The van der Waals surface area contributed by atoms with Gasteiger partial charge in [0.05, 0.1) is 5.69 Å². The van der Waals surface area contributed by atoms with Crippen molar-refractivity contribution in [3.63, 3.8) is 0 Å². The highest BCUT2D eigenvalue weighted by molar-refractivity contribution is 5.85. The Morgan fingerprint density at radius 1 is 1.23 bits per heavy atom. The lowest BCUT2D eigenvalue weighted by molar-refractivity contribution is 0.274. The van der Waals surface area contributed by atoms with Gasteiger partial charge in [-0.3, -0.25) is 9.88 Å². The average Bonchev–Trinajstić information content (AvgIpc) is 2.90. The van der Waals surface area contributed by atoms with Crippen molar-refractivity contribution in [1.29, 1.82) is 0 Å². The molecule has 4 heteroatoms. The molecule has 0 amide bonds. The number of hydrogen-bond donors (Lipinski definition) is 1. The molecule has 1 saturated heterocycles. The van der Waals surface area contributed by atoms with Crippen LogP contribution in [0.4, 0.5) is 0 Å². The summed E-state index contributed by atoms with van der Waals surface area (Å²) in [4.78, 5) is 6.93. The van der Waals surface area contributed by atoms with Crippen molar-refractivity contribution in [2.45, 2.75) is 19.9 Å². The molecule has 118 valence electrons. The zero-order chi connectivity index (χ0) is 14.7. The first kappa shape index (κ1) is 16.9. The summed E-state index contributed by atoms with van der Waals surface area (Å²) in [5.74, 6) is 0. The van der Waals surface area contributed by atoms with E-state index in [0.29, 0.717) is 5.41 Å². The van der Waals surface area contributed by atoms with Gasteiger partial charge in [0.15, 0.2) is 0 Å². The Labute approximate surface area is 139 Å². The largest absolute Gasteiger partial charge is 0.330 e. The lowest BCUT2D eigenvalue weighted by Gasteiger charge is -2.22. The van der Waals surface area contributed by atoms with Crippen LogP contribution in [0.15, 0.2) is 48.7 Å². The Morgan fingerprint density at radius 3 is 2.77 bits per heavy atom. The van der Waals surface area contributed by atoms with E-state index >= 15 is 0 Å². The van der Waals surface area contributed by atoms with Gasteiger partial charge in [0.1, 0.15) is 0 Å². The summed E-state index contributed by atoms with van der Waals surface area (Å²) in [6.45, 7) is 6.30. The molecule has 2 heterocycles. The SMILES string of the molecule is CC1(CN)CCN(Cc2cccc(-c3ccccn3)c2)C1.Cl. The molecule has 0 spiro atoms. The number of benzene rings is 1. The molecular weight excluding hydrogens is 294 g/mol. The van der Waals surface area contributed by atoms with Crippen LogP contribution < -0.4 is 5.73 Å². The first-order valence-corrected chi connectivity index (χ1v) is 7.61. The third-order valence-corrected chi connectivity index (χ3v) is 4.42. The fourth-order valence-electron chi connectivity index (χ4n) is 3.05. The predicted octanol–water partition coefficient (Wildman–Crippen LogP) is 3.34. The van der Waals surface area contributed by atoms with Crippen LogP contribution in [-0.2, 0) is 6.54 Å². The van der Waals surface area contributed by atoms with Crippen LogP contribution in [0.3, 0.4) is 0 Å². The van der Waals surface area contributed by atoms with E-state index in [1.54, 1.807) is 0 Å². The summed E-state index contributed by atoms with van der Waals surface area (Å²) in [5, 5.41) is 0. The number of pyridine rings is 1. The van der Waals surface area contributed by atoms with Crippen LogP contribution in [0.2, 0.25) is 0 Å². The molecule has 1 aliphatic rings. The summed E-state index contributed by atoms with van der Waals surface area (Å²) in [6, 6.07) is 14.7. The number of aromatic nitrogens is 1. The molecule has 2 N–H and O–H groups in total. The van der Waals surface area contributed by atoms with Crippen molar-refractivity contribution in [1.82, 2.24) is 9.88 Å². The molecule has 0 radical (unpaired) electrons. The molecule has 0 aliphatic carbocycles. The first-order chi connectivity index (χ1) is 10.2. The average molecular weight is 318 g/mol. The minimum absolute atomic E-state index is 0. The normalized spacial score (nSPS) is 21.5. The number of likely N-dealkylation sites (tertiary alicyclic amines) is 1. The monoisotopic (exact) mass is 317 g/mol. The van der Waals surface area contributed by atoms with Gasteiger partial charge >= 0.3 is 0 Å². The van der Waals surface area contributed by atoms with Crippen molar-refractivity contribution in [2.24, 2.45) is 11.1 Å². The molecule has 1 atom stereocenters. The molecule has 2 aromatic rings. The summed E-state index contributed by atoms with van der Waals surface area (Å²) in [5.41, 5.74) is 9.75. The zero-order valence-electron chi connectivity index (χ0n) is 13.0. The zero-order valence-corrected chi connectivity index (χ0v) is 13.9. The van der Waals surface area contributed by atoms with E-state index in [4.69, 9.17) is 5.73 Å². The van der Waals surface area contributed by atoms with Crippen molar-refractivity contribution < 1.29 is 0 Å². The first-order valence-electron chi connectivity index (χ1n) is 7.61. The third kappa shape index (κ3) is 3.86. The van der Waals surface area contributed by atoms with Gasteiger partial charge < -0.3 is 5.73 Å². The molecule has 1 aromatic carbocycles. The smallest absolute Gasteiger partial charge is 0.0702 e. The number of halogens is 1.